The van der Waals surface area contributed by atoms with Gasteiger partial charge in [-0.2, -0.15) is 5.10 Å². The number of aryl methyl sites for hydroxylation is 1. The van der Waals surface area contributed by atoms with Crippen LogP contribution in [0.5, 0.6) is 0 Å². The van der Waals surface area contributed by atoms with Crippen molar-refractivity contribution in [2.45, 2.75) is 46.1 Å². The lowest BCUT2D eigenvalue weighted by molar-refractivity contribution is -0.107. The van der Waals surface area contributed by atoms with Crippen LogP contribution in [0.15, 0.2) is 6.20 Å². The third-order valence-corrected chi connectivity index (χ3v) is 2.17. The van der Waals surface area contributed by atoms with Crippen molar-refractivity contribution in [3.63, 3.8) is 0 Å². The van der Waals surface area contributed by atoms with E-state index in [1.54, 1.807) is 0 Å². The lowest BCUT2D eigenvalue weighted by Gasteiger charge is -2.01. The first kappa shape index (κ1) is 11.0. The quantitative estimate of drug-likeness (QED) is 0.673. The van der Waals surface area contributed by atoms with Gasteiger partial charge in [-0.25, -0.2) is 0 Å². The highest BCUT2D eigenvalue weighted by atomic mass is 16.1. The SMILES string of the molecule is CCCn1cc(CC=O)c(C(C)C)n1. The molecule has 0 aromatic carbocycles. The van der Waals surface area contributed by atoms with Crippen molar-refractivity contribution < 1.29 is 4.79 Å². The van der Waals surface area contributed by atoms with Crippen molar-refractivity contribution in [3.05, 3.63) is 17.5 Å². The topological polar surface area (TPSA) is 34.9 Å². The third-order valence-electron chi connectivity index (χ3n) is 2.17. The van der Waals surface area contributed by atoms with E-state index in [0.29, 0.717) is 12.3 Å². The van der Waals surface area contributed by atoms with Crippen molar-refractivity contribution in [2.75, 3.05) is 0 Å². The van der Waals surface area contributed by atoms with Crippen LogP contribution >= 0.6 is 0 Å². The number of hydrogen-bond acceptors (Lipinski definition) is 2. The van der Waals surface area contributed by atoms with Gasteiger partial charge in [-0.15, -0.1) is 0 Å². The van der Waals surface area contributed by atoms with E-state index in [2.05, 4.69) is 25.9 Å². The van der Waals surface area contributed by atoms with Gasteiger partial charge in [0.2, 0.25) is 0 Å². The number of carbonyl (C=O) groups is 1. The van der Waals surface area contributed by atoms with Gasteiger partial charge in [0.1, 0.15) is 6.29 Å². The maximum absolute atomic E-state index is 10.5. The van der Waals surface area contributed by atoms with E-state index in [4.69, 9.17) is 0 Å². The Kier molecular flexibility index (Phi) is 3.86. The van der Waals surface area contributed by atoms with Gasteiger partial charge in [0.15, 0.2) is 0 Å². The zero-order chi connectivity index (χ0) is 10.6. The van der Waals surface area contributed by atoms with Gasteiger partial charge in [-0.3, -0.25) is 4.68 Å². The summed E-state index contributed by atoms with van der Waals surface area (Å²) >= 11 is 0. The predicted molar refractivity (Wildman–Crippen MR) is 56.4 cm³/mol. The molecule has 0 atom stereocenters. The number of nitrogens with zero attached hydrogens (tertiary/aromatic N) is 2. The molecular weight excluding hydrogens is 176 g/mol. The highest BCUT2D eigenvalue weighted by Crippen LogP contribution is 2.17. The van der Waals surface area contributed by atoms with Crippen LogP contribution in [0.3, 0.4) is 0 Å². The summed E-state index contributed by atoms with van der Waals surface area (Å²) in [6, 6.07) is 0. The van der Waals surface area contributed by atoms with Crippen LogP contribution in [0.2, 0.25) is 0 Å². The second-order valence-electron chi connectivity index (χ2n) is 3.83. The first-order chi connectivity index (χ1) is 6.69. The Morgan fingerprint density at radius 1 is 1.57 bits per heavy atom. The van der Waals surface area contributed by atoms with E-state index in [0.717, 1.165) is 30.5 Å². The van der Waals surface area contributed by atoms with Crippen molar-refractivity contribution >= 4 is 6.29 Å². The van der Waals surface area contributed by atoms with Crippen LogP contribution in [0.25, 0.3) is 0 Å². The molecule has 0 fully saturated rings. The number of carbonyl (C=O) groups excluding carboxylic acids is 1. The first-order valence-electron chi connectivity index (χ1n) is 5.18. The molecule has 0 aliphatic carbocycles. The Labute approximate surface area is 85.1 Å². The van der Waals surface area contributed by atoms with Gasteiger partial charge in [0.25, 0.3) is 0 Å². The van der Waals surface area contributed by atoms with Crippen LogP contribution < -0.4 is 0 Å². The van der Waals surface area contributed by atoms with Crippen molar-refractivity contribution in [2.24, 2.45) is 0 Å². The monoisotopic (exact) mass is 194 g/mol. The lowest BCUT2D eigenvalue weighted by Crippen LogP contribution is -1.99. The van der Waals surface area contributed by atoms with E-state index in [1.165, 1.54) is 0 Å². The highest BCUT2D eigenvalue weighted by Gasteiger charge is 2.11. The summed E-state index contributed by atoms with van der Waals surface area (Å²) in [6.07, 6.45) is 4.49. The van der Waals surface area contributed by atoms with Crippen molar-refractivity contribution in [1.29, 1.82) is 0 Å². The minimum atomic E-state index is 0.392. The summed E-state index contributed by atoms with van der Waals surface area (Å²) in [6.45, 7) is 7.26. The molecule has 3 nitrogen and oxygen atoms in total. The molecule has 14 heavy (non-hydrogen) atoms. The fraction of sp³-hybridized carbons (Fsp3) is 0.636. The molecule has 0 aliphatic heterocycles. The van der Waals surface area contributed by atoms with Crippen molar-refractivity contribution in [3.8, 4) is 0 Å². The molecule has 1 aromatic heterocycles. The Morgan fingerprint density at radius 2 is 2.29 bits per heavy atom. The molecule has 0 spiro atoms. The molecule has 78 valence electrons. The normalized spacial score (nSPS) is 10.9. The van der Waals surface area contributed by atoms with E-state index in [-0.39, 0.29) is 0 Å². The predicted octanol–water partition coefficient (Wildman–Crippen LogP) is 2.16. The molecule has 0 saturated carbocycles. The van der Waals surface area contributed by atoms with Gasteiger partial charge in [0.05, 0.1) is 5.69 Å². The van der Waals surface area contributed by atoms with Crippen LogP contribution in [0.1, 0.15) is 44.4 Å². The van der Waals surface area contributed by atoms with Crippen LogP contribution in [0, 0.1) is 0 Å². The van der Waals surface area contributed by atoms with Gasteiger partial charge in [-0.1, -0.05) is 20.8 Å². The average Bonchev–Trinajstić information content (AvgIpc) is 2.49. The molecule has 1 heterocycles. The minimum Gasteiger partial charge on any atom is -0.303 e. The Bertz CT molecular complexity index is 302. The smallest absolute Gasteiger partial charge is 0.124 e. The number of rotatable bonds is 5. The number of aldehydes is 1. The molecule has 0 aliphatic rings. The Morgan fingerprint density at radius 3 is 2.79 bits per heavy atom. The zero-order valence-electron chi connectivity index (χ0n) is 9.16. The van der Waals surface area contributed by atoms with Crippen LogP contribution in [-0.2, 0) is 17.8 Å². The van der Waals surface area contributed by atoms with E-state index in [1.807, 2.05) is 10.9 Å². The molecule has 0 N–H and O–H groups in total. The zero-order valence-corrected chi connectivity index (χ0v) is 9.16. The molecular formula is C11H18N2O. The second-order valence-corrected chi connectivity index (χ2v) is 3.83. The molecule has 0 unspecified atom stereocenters. The molecule has 3 heteroatoms. The maximum atomic E-state index is 10.5. The lowest BCUT2D eigenvalue weighted by atomic mass is 10.1. The van der Waals surface area contributed by atoms with Crippen LogP contribution in [0.4, 0.5) is 0 Å². The summed E-state index contributed by atoms with van der Waals surface area (Å²) in [5.74, 6) is 0.392. The summed E-state index contributed by atoms with van der Waals surface area (Å²) in [4.78, 5) is 10.5. The molecule has 0 bridgehead atoms. The molecule has 1 rings (SSSR count). The number of aromatic nitrogens is 2. The van der Waals surface area contributed by atoms with Gasteiger partial charge >= 0.3 is 0 Å². The summed E-state index contributed by atoms with van der Waals surface area (Å²) < 4.78 is 1.94. The highest BCUT2D eigenvalue weighted by molar-refractivity contribution is 5.55. The van der Waals surface area contributed by atoms with Crippen molar-refractivity contribution in [1.82, 2.24) is 9.78 Å². The summed E-state index contributed by atoms with van der Waals surface area (Å²) in [5, 5.41) is 4.48. The molecule has 0 amide bonds. The van der Waals surface area contributed by atoms with Gasteiger partial charge in [-0.05, 0) is 12.3 Å². The standard InChI is InChI=1S/C11H18N2O/c1-4-6-13-8-10(5-7-14)11(12-13)9(2)3/h7-9H,4-6H2,1-3H3. The van der Waals surface area contributed by atoms with E-state index >= 15 is 0 Å². The van der Waals surface area contributed by atoms with Crippen LogP contribution in [-0.4, -0.2) is 16.1 Å². The third kappa shape index (κ3) is 2.44. The van der Waals surface area contributed by atoms with E-state index in [9.17, 15) is 4.79 Å². The summed E-state index contributed by atoms with van der Waals surface area (Å²) in [7, 11) is 0. The van der Waals surface area contributed by atoms with Gasteiger partial charge in [0, 0.05) is 24.7 Å². The fourth-order valence-electron chi connectivity index (χ4n) is 1.55. The van der Waals surface area contributed by atoms with E-state index < -0.39 is 0 Å². The number of hydrogen-bond donors (Lipinski definition) is 0. The first-order valence-corrected chi connectivity index (χ1v) is 5.18. The maximum Gasteiger partial charge on any atom is 0.124 e. The minimum absolute atomic E-state index is 0.392. The Balaban J connectivity index is 2.92. The molecule has 1 aromatic rings. The molecule has 0 radical (unpaired) electrons. The van der Waals surface area contributed by atoms with Gasteiger partial charge < -0.3 is 4.79 Å². The average molecular weight is 194 g/mol. The summed E-state index contributed by atoms with van der Waals surface area (Å²) in [5.41, 5.74) is 2.13. The molecule has 0 saturated heterocycles. The fourth-order valence-corrected chi connectivity index (χ4v) is 1.55. The Hall–Kier alpha value is -1.12. The second kappa shape index (κ2) is 4.94. The largest absolute Gasteiger partial charge is 0.303 e.